The zero-order valence-electron chi connectivity index (χ0n) is 8.21. The van der Waals surface area contributed by atoms with E-state index in [-0.39, 0.29) is 10.5 Å². The molecule has 0 aliphatic carbocycles. The Kier molecular flexibility index (Phi) is 2.41. The van der Waals surface area contributed by atoms with Crippen LogP contribution < -0.4 is 4.90 Å². The molecule has 0 spiro atoms. The molecule has 1 aliphatic rings. The van der Waals surface area contributed by atoms with Gasteiger partial charge in [-0.2, -0.15) is 13.2 Å². The number of benzene rings is 1. The molecule has 1 aromatic rings. The minimum Gasteiger partial charge on any atom is -0.293 e. The molecular weight excluding hydrogens is 242 g/mol. The minimum absolute atomic E-state index is 0.118. The van der Waals surface area contributed by atoms with E-state index in [0.29, 0.717) is 0 Å². The van der Waals surface area contributed by atoms with Gasteiger partial charge in [0.2, 0.25) is 0 Å². The molecular formula is C10H5F4NO2. The molecule has 1 aromatic carbocycles. The smallest absolute Gasteiger partial charge is 0.293 e. The summed E-state index contributed by atoms with van der Waals surface area (Å²) < 4.78 is 50.0. The van der Waals surface area contributed by atoms with E-state index in [2.05, 4.69) is 0 Å². The number of halogens is 4. The van der Waals surface area contributed by atoms with Gasteiger partial charge in [-0.1, -0.05) is 6.07 Å². The lowest BCUT2D eigenvalue weighted by Crippen LogP contribution is -2.38. The average Bonchev–Trinajstić information content (AvgIpc) is 2.43. The van der Waals surface area contributed by atoms with Gasteiger partial charge in [-0.05, 0) is 12.1 Å². The van der Waals surface area contributed by atoms with E-state index in [1.54, 1.807) is 0 Å². The number of carbonyl (C=O) groups excluding carboxylic acids is 2. The Morgan fingerprint density at radius 2 is 1.82 bits per heavy atom. The van der Waals surface area contributed by atoms with E-state index in [9.17, 15) is 27.2 Å². The van der Waals surface area contributed by atoms with Crippen LogP contribution >= 0.6 is 0 Å². The Morgan fingerprint density at radius 1 is 1.18 bits per heavy atom. The zero-order chi connectivity index (χ0) is 12.8. The summed E-state index contributed by atoms with van der Waals surface area (Å²) in [7, 11) is 0. The molecule has 0 bridgehead atoms. The maximum Gasteiger partial charge on any atom is 0.406 e. The molecule has 90 valence electrons. The van der Waals surface area contributed by atoms with Gasteiger partial charge in [-0.3, -0.25) is 14.5 Å². The van der Waals surface area contributed by atoms with Crippen LogP contribution in [0.1, 0.15) is 10.4 Å². The lowest BCUT2D eigenvalue weighted by atomic mass is 10.1. The van der Waals surface area contributed by atoms with Gasteiger partial charge in [-0.25, -0.2) is 4.39 Å². The van der Waals surface area contributed by atoms with Crippen LogP contribution in [0.3, 0.4) is 0 Å². The van der Waals surface area contributed by atoms with Gasteiger partial charge in [0.1, 0.15) is 12.4 Å². The van der Waals surface area contributed by atoms with Crippen molar-refractivity contribution in [2.24, 2.45) is 0 Å². The number of ketones is 1. The maximum atomic E-state index is 13.3. The van der Waals surface area contributed by atoms with Crippen molar-refractivity contribution in [2.75, 3.05) is 11.4 Å². The number of fused-ring (bicyclic) bond motifs is 1. The molecule has 0 atom stereocenters. The summed E-state index contributed by atoms with van der Waals surface area (Å²) in [5.41, 5.74) is -0.931. The fourth-order valence-electron chi connectivity index (χ4n) is 1.64. The van der Waals surface area contributed by atoms with E-state index in [4.69, 9.17) is 0 Å². The SMILES string of the molecule is O=C1C(=O)N(CC(F)(F)F)c2c(F)cccc21. The number of alkyl halides is 3. The molecule has 7 heteroatoms. The second-order valence-electron chi connectivity index (χ2n) is 3.47. The molecule has 1 amide bonds. The number of rotatable bonds is 1. The standard InChI is InChI=1S/C10H5F4NO2/c11-6-3-1-2-5-7(6)15(4-10(12,13)14)9(17)8(5)16/h1-3H,4H2. The fraction of sp³-hybridized carbons (Fsp3) is 0.200. The molecule has 2 rings (SSSR count). The highest BCUT2D eigenvalue weighted by Gasteiger charge is 2.43. The third kappa shape index (κ3) is 1.88. The van der Waals surface area contributed by atoms with E-state index in [1.165, 1.54) is 0 Å². The van der Waals surface area contributed by atoms with Crippen molar-refractivity contribution in [1.29, 1.82) is 0 Å². The van der Waals surface area contributed by atoms with Crippen molar-refractivity contribution < 1.29 is 27.2 Å². The first-order valence-electron chi connectivity index (χ1n) is 4.53. The summed E-state index contributed by atoms with van der Waals surface area (Å²) in [5, 5.41) is 0. The molecule has 0 unspecified atom stereocenters. The number of carbonyl (C=O) groups is 2. The van der Waals surface area contributed by atoms with Crippen LogP contribution in [0.4, 0.5) is 23.2 Å². The van der Waals surface area contributed by atoms with Crippen LogP contribution in [0.25, 0.3) is 0 Å². The molecule has 0 fully saturated rings. The highest BCUT2D eigenvalue weighted by atomic mass is 19.4. The highest BCUT2D eigenvalue weighted by Crippen LogP contribution is 2.33. The molecule has 0 saturated carbocycles. The van der Waals surface area contributed by atoms with Gasteiger partial charge in [0, 0.05) is 0 Å². The van der Waals surface area contributed by atoms with Crippen molar-refractivity contribution in [1.82, 2.24) is 0 Å². The summed E-state index contributed by atoms with van der Waals surface area (Å²) in [6.45, 7) is -1.68. The first-order chi connectivity index (χ1) is 7.81. The number of hydrogen-bond acceptors (Lipinski definition) is 2. The van der Waals surface area contributed by atoms with E-state index >= 15 is 0 Å². The summed E-state index contributed by atoms with van der Waals surface area (Å²) in [6.07, 6.45) is -4.69. The molecule has 0 saturated heterocycles. The number of Topliss-reactive ketones (excluding diaryl/α,β-unsaturated/α-hetero) is 1. The number of anilines is 1. The van der Waals surface area contributed by atoms with Gasteiger partial charge in [0.25, 0.3) is 11.7 Å². The van der Waals surface area contributed by atoms with Gasteiger partial charge in [-0.15, -0.1) is 0 Å². The molecule has 0 N–H and O–H groups in total. The highest BCUT2D eigenvalue weighted by molar-refractivity contribution is 6.52. The molecule has 0 radical (unpaired) electrons. The lowest BCUT2D eigenvalue weighted by molar-refractivity contribution is -0.129. The molecule has 17 heavy (non-hydrogen) atoms. The Balaban J connectivity index is 2.51. The second kappa shape index (κ2) is 3.54. The third-order valence-corrected chi connectivity index (χ3v) is 2.28. The first-order valence-corrected chi connectivity index (χ1v) is 4.53. The van der Waals surface area contributed by atoms with Gasteiger partial charge in [0.15, 0.2) is 0 Å². The van der Waals surface area contributed by atoms with Gasteiger partial charge in [0.05, 0.1) is 11.3 Å². The maximum absolute atomic E-state index is 13.3. The second-order valence-corrected chi connectivity index (χ2v) is 3.47. The van der Waals surface area contributed by atoms with Crippen LogP contribution in [0.2, 0.25) is 0 Å². The first kappa shape index (κ1) is 11.6. The molecule has 0 aromatic heterocycles. The molecule has 1 heterocycles. The van der Waals surface area contributed by atoms with Gasteiger partial charge >= 0.3 is 6.18 Å². The Morgan fingerprint density at radius 3 is 2.41 bits per heavy atom. The Bertz CT molecular complexity index is 510. The normalized spacial score (nSPS) is 15.4. The quantitative estimate of drug-likeness (QED) is 0.561. The largest absolute Gasteiger partial charge is 0.406 e. The summed E-state index contributed by atoms with van der Waals surface area (Å²) in [5.74, 6) is -3.50. The van der Waals surface area contributed by atoms with E-state index in [1.807, 2.05) is 0 Å². The van der Waals surface area contributed by atoms with Crippen LogP contribution in [-0.2, 0) is 4.79 Å². The van der Waals surface area contributed by atoms with Crippen molar-refractivity contribution in [3.05, 3.63) is 29.6 Å². The van der Waals surface area contributed by atoms with Gasteiger partial charge < -0.3 is 0 Å². The summed E-state index contributed by atoms with van der Waals surface area (Å²) >= 11 is 0. The van der Waals surface area contributed by atoms with Crippen LogP contribution in [0.5, 0.6) is 0 Å². The third-order valence-electron chi connectivity index (χ3n) is 2.28. The Labute approximate surface area is 92.6 Å². The molecule has 3 nitrogen and oxygen atoms in total. The Hall–Kier alpha value is -1.92. The predicted molar refractivity (Wildman–Crippen MR) is 49.1 cm³/mol. The summed E-state index contributed by atoms with van der Waals surface area (Å²) in [4.78, 5) is 22.7. The predicted octanol–water partition coefficient (Wildman–Crippen LogP) is 1.92. The van der Waals surface area contributed by atoms with Crippen LogP contribution in [0.15, 0.2) is 18.2 Å². The topological polar surface area (TPSA) is 37.4 Å². The number of hydrogen-bond donors (Lipinski definition) is 0. The van der Waals surface area contributed by atoms with Crippen molar-refractivity contribution in [3.8, 4) is 0 Å². The van der Waals surface area contributed by atoms with Crippen molar-refractivity contribution in [2.45, 2.75) is 6.18 Å². The summed E-state index contributed by atoms with van der Waals surface area (Å²) in [6, 6.07) is 3.18. The van der Waals surface area contributed by atoms with Crippen LogP contribution in [-0.4, -0.2) is 24.4 Å². The molecule has 1 aliphatic heterocycles. The zero-order valence-corrected chi connectivity index (χ0v) is 8.21. The van der Waals surface area contributed by atoms with Crippen molar-refractivity contribution >= 4 is 17.4 Å². The monoisotopic (exact) mass is 247 g/mol. The minimum atomic E-state index is -4.69. The van der Waals surface area contributed by atoms with E-state index < -0.39 is 35.9 Å². The van der Waals surface area contributed by atoms with Crippen molar-refractivity contribution in [3.63, 3.8) is 0 Å². The average molecular weight is 247 g/mol. The van der Waals surface area contributed by atoms with E-state index in [0.717, 1.165) is 18.2 Å². The number of nitrogens with zero attached hydrogens (tertiary/aromatic N) is 1. The number of amides is 1. The lowest BCUT2D eigenvalue weighted by Gasteiger charge is -2.18. The fourth-order valence-corrected chi connectivity index (χ4v) is 1.64. The van der Waals surface area contributed by atoms with Crippen LogP contribution in [0, 0.1) is 5.82 Å². The number of para-hydroxylation sites is 1.